The summed E-state index contributed by atoms with van der Waals surface area (Å²) in [7, 11) is -3.66. The number of rotatable bonds is 9. The molecule has 0 spiro atoms. The summed E-state index contributed by atoms with van der Waals surface area (Å²) in [5.41, 5.74) is 2.61. The number of imidazole rings is 1. The fourth-order valence-electron chi connectivity index (χ4n) is 3.65. The van der Waals surface area contributed by atoms with Gasteiger partial charge in [-0.25, -0.2) is 32.5 Å². The van der Waals surface area contributed by atoms with Crippen LogP contribution in [0.4, 0.5) is 10.3 Å². The lowest BCUT2D eigenvalue weighted by Gasteiger charge is -2.09. The van der Waals surface area contributed by atoms with Crippen molar-refractivity contribution in [3.8, 4) is 28.4 Å². The first-order valence-electron chi connectivity index (χ1n) is 11.0. The predicted molar refractivity (Wildman–Crippen MR) is 136 cm³/mol. The third-order valence-corrected chi connectivity index (χ3v) is 7.57. The van der Waals surface area contributed by atoms with E-state index in [1.165, 1.54) is 47.7 Å². The number of thiazole rings is 1. The molecule has 0 bridgehead atoms. The maximum atomic E-state index is 13.9. The van der Waals surface area contributed by atoms with E-state index in [2.05, 4.69) is 25.0 Å². The van der Waals surface area contributed by atoms with Gasteiger partial charge in [-0.05, 0) is 48.9 Å². The minimum atomic E-state index is -3.66. The highest BCUT2D eigenvalue weighted by molar-refractivity contribution is 7.89. The predicted octanol–water partition coefficient (Wildman–Crippen LogP) is 4.15. The van der Waals surface area contributed by atoms with E-state index >= 15 is 0 Å². The zero-order valence-electron chi connectivity index (χ0n) is 18.8. The third-order valence-electron chi connectivity index (χ3n) is 5.33. The molecule has 5 rings (SSSR count). The fourth-order valence-corrected chi connectivity index (χ4v) is 5.44. The maximum absolute atomic E-state index is 13.9. The quantitative estimate of drug-likeness (QED) is 0.248. The zero-order chi connectivity index (χ0) is 25.1. The van der Waals surface area contributed by atoms with Gasteiger partial charge in [-0.3, -0.25) is 4.40 Å². The Bertz CT molecular complexity index is 1620. The topological polar surface area (TPSA) is 122 Å². The summed E-state index contributed by atoms with van der Waals surface area (Å²) in [5, 5.41) is 14.4. The Kier molecular flexibility index (Phi) is 6.63. The number of anilines is 1. The van der Waals surface area contributed by atoms with Gasteiger partial charge in [0.2, 0.25) is 16.0 Å². The van der Waals surface area contributed by atoms with Gasteiger partial charge in [0.05, 0.1) is 16.3 Å². The molecule has 0 saturated heterocycles. The number of aromatic nitrogens is 4. The van der Waals surface area contributed by atoms with Crippen LogP contribution in [0.3, 0.4) is 0 Å². The second-order valence-electron chi connectivity index (χ2n) is 7.81. The minimum absolute atomic E-state index is 0.000838. The SMILES string of the molecule is O=S(=O)(NCCCNc1nccc(-c2c(-c3cccc(F)c3)nc3sccn23)n1)c1ccc(O)cc1. The van der Waals surface area contributed by atoms with Crippen LogP contribution in [0.5, 0.6) is 5.75 Å². The molecule has 0 aliphatic rings. The summed E-state index contributed by atoms with van der Waals surface area (Å²) in [6, 6.07) is 13.4. The van der Waals surface area contributed by atoms with Gasteiger partial charge >= 0.3 is 0 Å². The van der Waals surface area contributed by atoms with Crippen LogP contribution >= 0.6 is 11.3 Å². The van der Waals surface area contributed by atoms with Gasteiger partial charge in [0.25, 0.3) is 0 Å². The lowest BCUT2D eigenvalue weighted by molar-refractivity contribution is 0.474. The largest absolute Gasteiger partial charge is 0.508 e. The van der Waals surface area contributed by atoms with Crippen LogP contribution in [0.1, 0.15) is 6.42 Å². The molecule has 0 amide bonds. The standard InChI is InChI=1S/C24H21FN6O3S2/c25-17-4-1-3-16(15-17)21-22(31-13-14-35-24(31)30-21)20-9-12-27-23(29-20)26-10-2-11-28-36(33,34)19-7-5-18(32)6-8-19/h1,3-9,12-15,28,32H,2,10-11H2,(H,26,27,29). The Hall–Kier alpha value is -3.87. The van der Waals surface area contributed by atoms with Crippen LogP contribution in [-0.4, -0.2) is 46.0 Å². The molecule has 0 aliphatic carbocycles. The van der Waals surface area contributed by atoms with Gasteiger partial charge in [-0.1, -0.05) is 12.1 Å². The monoisotopic (exact) mass is 524 g/mol. The van der Waals surface area contributed by atoms with Crippen molar-refractivity contribution >= 4 is 32.3 Å². The zero-order valence-corrected chi connectivity index (χ0v) is 20.4. The molecular formula is C24H21FN6O3S2. The van der Waals surface area contributed by atoms with Crippen molar-refractivity contribution in [1.29, 1.82) is 0 Å². The van der Waals surface area contributed by atoms with Crippen molar-refractivity contribution in [2.24, 2.45) is 0 Å². The number of nitrogens with one attached hydrogen (secondary N) is 2. The van der Waals surface area contributed by atoms with E-state index < -0.39 is 10.0 Å². The number of hydrogen-bond donors (Lipinski definition) is 3. The van der Waals surface area contributed by atoms with Gasteiger partial charge in [-0.2, -0.15) is 0 Å². The molecule has 0 fully saturated rings. The molecule has 12 heteroatoms. The summed E-state index contributed by atoms with van der Waals surface area (Å²) >= 11 is 1.47. The Labute approximate surface area is 210 Å². The number of aromatic hydroxyl groups is 1. The molecule has 2 aromatic carbocycles. The van der Waals surface area contributed by atoms with Crippen molar-refractivity contribution in [2.45, 2.75) is 11.3 Å². The highest BCUT2D eigenvalue weighted by atomic mass is 32.2. The van der Waals surface area contributed by atoms with Crippen molar-refractivity contribution in [3.63, 3.8) is 0 Å². The lowest BCUT2D eigenvalue weighted by Crippen LogP contribution is -2.26. The molecular weight excluding hydrogens is 503 g/mol. The number of sulfonamides is 1. The highest BCUT2D eigenvalue weighted by Crippen LogP contribution is 2.33. The Morgan fingerprint density at radius 1 is 1.06 bits per heavy atom. The number of halogens is 1. The van der Waals surface area contributed by atoms with Crippen LogP contribution in [0.2, 0.25) is 0 Å². The van der Waals surface area contributed by atoms with E-state index in [4.69, 9.17) is 0 Å². The van der Waals surface area contributed by atoms with Crippen molar-refractivity contribution in [2.75, 3.05) is 18.4 Å². The lowest BCUT2D eigenvalue weighted by atomic mass is 10.1. The van der Waals surface area contributed by atoms with E-state index in [-0.39, 0.29) is 23.0 Å². The molecule has 5 aromatic rings. The average molecular weight is 525 g/mol. The van der Waals surface area contributed by atoms with Crippen LogP contribution in [0, 0.1) is 5.82 Å². The molecule has 0 atom stereocenters. The van der Waals surface area contributed by atoms with E-state index in [1.807, 2.05) is 16.0 Å². The molecule has 184 valence electrons. The molecule has 0 aliphatic heterocycles. The Morgan fingerprint density at radius 2 is 1.89 bits per heavy atom. The smallest absolute Gasteiger partial charge is 0.240 e. The number of phenols is 1. The van der Waals surface area contributed by atoms with Gasteiger partial charge < -0.3 is 10.4 Å². The summed E-state index contributed by atoms with van der Waals surface area (Å²) in [4.78, 5) is 14.4. The summed E-state index contributed by atoms with van der Waals surface area (Å²) < 4.78 is 43.0. The summed E-state index contributed by atoms with van der Waals surface area (Å²) in [6.45, 7) is 0.635. The second kappa shape index (κ2) is 10.0. The maximum Gasteiger partial charge on any atom is 0.240 e. The molecule has 3 N–H and O–H groups in total. The fraction of sp³-hybridized carbons (Fsp3) is 0.125. The first-order chi connectivity index (χ1) is 17.4. The third kappa shape index (κ3) is 5.05. The molecule has 0 radical (unpaired) electrons. The molecule has 36 heavy (non-hydrogen) atoms. The van der Waals surface area contributed by atoms with Crippen molar-refractivity contribution in [1.82, 2.24) is 24.1 Å². The number of fused-ring (bicyclic) bond motifs is 1. The number of hydrogen-bond acceptors (Lipinski definition) is 8. The normalized spacial score (nSPS) is 11.7. The van der Waals surface area contributed by atoms with E-state index in [9.17, 15) is 17.9 Å². The molecule has 3 aromatic heterocycles. The van der Waals surface area contributed by atoms with Crippen LogP contribution in [0.15, 0.2) is 77.3 Å². The second-order valence-corrected chi connectivity index (χ2v) is 10.5. The summed E-state index contributed by atoms with van der Waals surface area (Å²) in [6.07, 6.45) is 4.00. The van der Waals surface area contributed by atoms with Gasteiger partial charge in [0.1, 0.15) is 17.3 Å². The van der Waals surface area contributed by atoms with Gasteiger partial charge in [0.15, 0.2) is 4.96 Å². The first-order valence-corrected chi connectivity index (χ1v) is 13.3. The van der Waals surface area contributed by atoms with Crippen LogP contribution in [0.25, 0.3) is 27.6 Å². The molecule has 0 unspecified atom stereocenters. The van der Waals surface area contributed by atoms with Crippen molar-refractivity contribution < 1.29 is 17.9 Å². The van der Waals surface area contributed by atoms with E-state index in [1.54, 1.807) is 24.4 Å². The first kappa shape index (κ1) is 23.9. The summed E-state index contributed by atoms with van der Waals surface area (Å²) in [5.74, 6) is 0.0317. The Balaban J connectivity index is 1.28. The molecule has 9 nitrogen and oxygen atoms in total. The van der Waals surface area contributed by atoms with Crippen molar-refractivity contribution in [3.05, 3.63) is 78.2 Å². The number of phenolic OH excluding ortho intramolecular Hbond substituents is 1. The van der Waals surface area contributed by atoms with Gasteiger partial charge in [-0.15, -0.1) is 11.3 Å². The van der Waals surface area contributed by atoms with Crippen LogP contribution in [-0.2, 0) is 10.0 Å². The molecule has 0 saturated carbocycles. The van der Waals surface area contributed by atoms with Gasteiger partial charge in [0, 0.05) is 36.4 Å². The number of benzene rings is 2. The minimum Gasteiger partial charge on any atom is -0.508 e. The Morgan fingerprint density at radius 3 is 2.69 bits per heavy atom. The van der Waals surface area contributed by atoms with E-state index in [0.29, 0.717) is 35.9 Å². The average Bonchev–Trinajstić information content (AvgIpc) is 3.46. The van der Waals surface area contributed by atoms with Crippen LogP contribution < -0.4 is 10.0 Å². The van der Waals surface area contributed by atoms with E-state index in [0.717, 1.165) is 10.7 Å². The molecule has 3 heterocycles. The highest BCUT2D eigenvalue weighted by Gasteiger charge is 2.19. The number of nitrogens with zero attached hydrogens (tertiary/aromatic N) is 4.